The maximum absolute atomic E-state index is 13.0. The summed E-state index contributed by atoms with van der Waals surface area (Å²) in [5.74, 6) is 0.816. The number of hydrogen-bond donors (Lipinski definition) is 1. The summed E-state index contributed by atoms with van der Waals surface area (Å²) in [6.07, 6.45) is 3.39. The molecule has 28 heavy (non-hydrogen) atoms. The van der Waals surface area contributed by atoms with Crippen molar-refractivity contribution in [3.05, 3.63) is 81.7 Å². The summed E-state index contributed by atoms with van der Waals surface area (Å²) < 4.78 is 6.94. The van der Waals surface area contributed by atoms with Gasteiger partial charge in [0.25, 0.3) is 5.56 Å². The Labute approximate surface area is 162 Å². The summed E-state index contributed by atoms with van der Waals surface area (Å²) in [5.41, 5.74) is 5.53. The number of aryl methyl sites for hydroxylation is 1. The molecule has 3 aromatic heterocycles. The van der Waals surface area contributed by atoms with Gasteiger partial charge in [-0.3, -0.25) is 14.8 Å². The lowest BCUT2D eigenvalue weighted by molar-refractivity contribution is 0.252. The molecule has 6 nitrogen and oxygen atoms in total. The normalized spacial score (nSPS) is 14.5. The second-order valence-electron chi connectivity index (χ2n) is 7.36. The number of H-pyrrole nitrogens is 1. The number of fused-ring (bicyclic) bond motifs is 2. The maximum atomic E-state index is 13.0. The van der Waals surface area contributed by atoms with E-state index in [1.807, 2.05) is 25.1 Å². The van der Waals surface area contributed by atoms with Gasteiger partial charge >= 0.3 is 0 Å². The first kappa shape index (κ1) is 17.0. The average molecular weight is 374 g/mol. The summed E-state index contributed by atoms with van der Waals surface area (Å²) in [4.78, 5) is 20.2. The van der Waals surface area contributed by atoms with E-state index in [2.05, 4.69) is 34.3 Å². The van der Waals surface area contributed by atoms with Crippen LogP contribution in [-0.2, 0) is 19.4 Å². The minimum Gasteiger partial charge on any atom is -0.469 e. The fourth-order valence-corrected chi connectivity index (χ4v) is 3.97. The number of hydrogen-bond acceptors (Lipinski definition) is 4. The zero-order valence-electron chi connectivity index (χ0n) is 15.8. The van der Waals surface area contributed by atoms with Gasteiger partial charge in [0.1, 0.15) is 5.76 Å². The monoisotopic (exact) mass is 374 g/mol. The Morgan fingerprint density at radius 3 is 2.86 bits per heavy atom. The summed E-state index contributed by atoms with van der Waals surface area (Å²) >= 11 is 0. The second-order valence-corrected chi connectivity index (χ2v) is 7.36. The van der Waals surface area contributed by atoms with Crippen molar-refractivity contribution in [3.8, 4) is 11.3 Å². The Bertz CT molecular complexity index is 1190. The van der Waals surface area contributed by atoms with Gasteiger partial charge < -0.3 is 4.42 Å². The van der Waals surface area contributed by atoms with Gasteiger partial charge in [-0.25, -0.2) is 9.50 Å². The van der Waals surface area contributed by atoms with Crippen LogP contribution in [0.4, 0.5) is 0 Å². The highest BCUT2D eigenvalue weighted by Crippen LogP contribution is 2.24. The lowest BCUT2D eigenvalue weighted by Gasteiger charge is -2.27. The molecule has 0 unspecified atom stereocenters. The van der Waals surface area contributed by atoms with Gasteiger partial charge in [0.05, 0.1) is 17.7 Å². The predicted molar refractivity (Wildman–Crippen MR) is 107 cm³/mol. The first-order valence-corrected chi connectivity index (χ1v) is 9.63. The number of furan rings is 1. The van der Waals surface area contributed by atoms with Crippen LogP contribution in [-0.4, -0.2) is 32.6 Å². The molecule has 0 atom stereocenters. The summed E-state index contributed by atoms with van der Waals surface area (Å²) in [5, 5.41) is 3.18. The molecule has 0 fully saturated rings. The number of rotatable bonds is 4. The molecule has 0 spiro atoms. The third kappa shape index (κ3) is 2.96. The molecule has 0 radical (unpaired) electrons. The SMILES string of the molecule is Cc1occc1-c1cc2nc3c(c(=O)n2[nH]1)CCN(CCc1ccccc1)C3. The van der Waals surface area contributed by atoms with Crippen LogP contribution >= 0.6 is 0 Å². The lowest BCUT2D eigenvalue weighted by atomic mass is 10.1. The van der Waals surface area contributed by atoms with E-state index in [9.17, 15) is 4.79 Å². The zero-order valence-corrected chi connectivity index (χ0v) is 15.8. The van der Waals surface area contributed by atoms with E-state index in [0.29, 0.717) is 5.65 Å². The van der Waals surface area contributed by atoms with Gasteiger partial charge in [-0.2, -0.15) is 0 Å². The third-order valence-corrected chi connectivity index (χ3v) is 5.55. The fraction of sp³-hybridized carbons (Fsp3) is 0.273. The highest BCUT2D eigenvalue weighted by atomic mass is 16.3. The summed E-state index contributed by atoms with van der Waals surface area (Å²) in [7, 11) is 0. The Morgan fingerprint density at radius 1 is 1.21 bits per heavy atom. The van der Waals surface area contributed by atoms with Crippen LogP contribution < -0.4 is 5.56 Å². The first-order valence-electron chi connectivity index (χ1n) is 9.63. The summed E-state index contributed by atoms with van der Waals surface area (Å²) in [6, 6.07) is 14.3. The van der Waals surface area contributed by atoms with Crippen molar-refractivity contribution in [1.29, 1.82) is 0 Å². The highest BCUT2D eigenvalue weighted by Gasteiger charge is 2.22. The van der Waals surface area contributed by atoms with E-state index in [-0.39, 0.29) is 5.56 Å². The smallest absolute Gasteiger partial charge is 0.276 e. The van der Waals surface area contributed by atoms with Gasteiger partial charge in [-0.05, 0) is 31.4 Å². The van der Waals surface area contributed by atoms with Crippen LogP contribution in [0, 0.1) is 6.92 Å². The van der Waals surface area contributed by atoms with E-state index in [0.717, 1.165) is 60.8 Å². The van der Waals surface area contributed by atoms with Gasteiger partial charge in [0, 0.05) is 36.8 Å². The van der Waals surface area contributed by atoms with Crippen LogP contribution in [0.15, 0.2) is 57.9 Å². The van der Waals surface area contributed by atoms with Crippen LogP contribution in [0.5, 0.6) is 0 Å². The van der Waals surface area contributed by atoms with Crippen LogP contribution in [0.3, 0.4) is 0 Å². The molecule has 6 heteroatoms. The molecule has 0 bridgehead atoms. The van der Waals surface area contributed by atoms with Crippen molar-refractivity contribution in [3.63, 3.8) is 0 Å². The van der Waals surface area contributed by atoms with Crippen LogP contribution in [0.25, 0.3) is 16.9 Å². The number of benzene rings is 1. The highest BCUT2D eigenvalue weighted by molar-refractivity contribution is 5.65. The summed E-state index contributed by atoms with van der Waals surface area (Å²) in [6.45, 7) is 4.49. The number of aromatic amines is 1. The third-order valence-electron chi connectivity index (χ3n) is 5.55. The molecule has 1 aliphatic heterocycles. The molecule has 1 aromatic carbocycles. The Balaban J connectivity index is 1.43. The molecule has 1 aliphatic rings. The van der Waals surface area contributed by atoms with Gasteiger partial charge in [0.15, 0.2) is 5.65 Å². The molecule has 5 rings (SSSR count). The fourth-order valence-electron chi connectivity index (χ4n) is 3.97. The number of nitrogens with zero attached hydrogens (tertiary/aromatic N) is 3. The average Bonchev–Trinajstić information content (AvgIpc) is 3.33. The molecule has 0 amide bonds. The maximum Gasteiger partial charge on any atom is 0.276 e. The van der Waals surface area contributed by atoms with Gasteiger partial charge in [-0.15, -0.1) is 0 Å². The van der Waals surface area contributed by atoms with Gasteiger partial charge in [-0.1, -0.05) is 30.3 Å². The van der Waals surface area contributed by atoms with Crippen molar-refractivity contribution in [2.75, 3.05) is 13.1 Å². The van der Waals surface area contributed by atoms with E-state index < -0.39 is 0 Å². The lowest BCUT2D eigenvalue weighted by Crippen LogP contribution is -2.37. The minimum absolute atomic E-state index is 0.00936. The first-order chi connectivity index (χ1) is 13.7. The van der Waals surface area contributed by atoms with E-state index in [1.54, 1.807) is 10.8 Å². The molecule has 142 valence electrons. The molecule has 4 heterocycles. The quantitative estimate of drug-likeness (QED) is 0.596. The van der Waals surface area contributed by atoms with E-state index in [1.165, 1.54) is 5.56 Å². The molecule has 4 aromatic rings. The molecule has 1 N–H and O–H groups in total. The Morgan fingerprint density at radius 2 is 2.07 bits per heavy atom. The standard InChI is InChI=1S/C22H22N4O2/c1-15-17(9-12-28-15)19-13-21-23-20-14-25(10-7-16-5-3-2-4-6-16)11-8-18(20)22(27)26(21)24-19/h2-6,9,12-13,24H,7-8,10-11,14H2,1H3. The van der Waals surface area contributed by atoms with Crippen molar-refractivity contribution in [1.82, 2.24) is 19.5 Å². The largest absolute Gasteiger partial charge is 0.469 e. The van der Waals surface area contributed by atoms with Crippen molar-refractivity contribution >= 4 is 5.65 Å². The van der Waals surface area contributed by atoms with Crippen LogP contribution in [0.2, 0.25) is 0 Å². The van der Waals surface area contributed by atoms with Crippen LogP contribution in [0.1, 0.15) is 22.6 Å². The second kappa shape index (κ2) is 6.80. The predicted octanol–water partition coefficient (Wildman–Crippen LogP) is 3.19. The molecule has 0 aliphatic carbocycles. The van der Waals surface area contributed by atoms with Crippen molar-refractivity contribution < 1.29 is 4.42 Å². The molecular formula is C22H22N4O2. The van der Waals surface area contributed by atoms with E-state index in [4.69, 9.17) is 9.40 Å². The van der Waals surface area contributed by atoms with Gasteiger partial charge in [0.2, 0.25) is 0 Å². The van der Waals surface area contributed by atoms with Crippen molar-refractivity contribution in [2.24, 2.45) is 0 Å². The van der Waals surface area contributed by atoms with E-state index >= 15 is 0 Å². The zero-order chi connectivity index (χ0) is 19.1. The number of aromatic nitrogens is 3. The molecular weight excluding hydrogens is 352 g/mol. The molecule has 0 saturated carbocycles. The molecule has 0 saturated heterocycles. The van der Waals surface area contributed by atoms with Crippen molar-refractivity contribution in [2.45, 2.75) is 26.3 Å². The Hall–Kier alpha value is -3.12. The Kier molecular flexibility index (Phi) is 4.13. The topological polar surface area (TPSA) is 66.5 Å². The number of nitrogens with one attached hydrogen (secondary N) is 1. The minimum atomic E-state index is 0.00936.